The maximum absolute atomic E-state index is 11.8. The van der Waals surface area contributed by atoms with Crippen LogP contribution in [0.4, 0.5) is 0 Å². The van der Waals surface area contributed by atoms with Gasteiger partial charge in [-0.15, -0.1) is 11.3 Å². The number of thiophene rings is 1. The molecular formula is C15H13N3O3S. The third kappa shape index (κ3) is 2.67. The van der Waals surface area contributed by atoms with Crippen molar-refractivity contribution in [3.8, 4) is 10.8 Å². The van der Waals surface area contributed by atoms with Crippen molar-refractivity contribution in [1.29, 1.82) is 0 Å². The van der Waals surface area contributed by atoms with Gasteiger partial charge in [0.15, 0.2) is 11.6 Å². The van der Waals surface area contributed by atoms with Crippen molar-refractivity contribution in [3.05, 3.63) is 47.0 Å². The highest BCUT2D eigenvalue weighted by molar-refractivity contribution is 7.15. The van der Waals surface area contributed by atoms with Crippen molar-refractivity contribution < 1.29 is 13.7 Å². The maximum atomic E-state index is 11.8. The summed E-state index contributed by atoms with van der Waals surface area (Å²) in [6, 6.07) is 7.20. The number of nitrogens with one attached hydrogen (secondary N) is 1. The zero-order valence-electron chi connectivity index (χ0n) is 11.6. The highest BCUT2D eigenvalue weighted by Crippen LogP contribution is 2.39. The molecule has 6 nitrogen and oxygen atoms in total. The minimum atomic E-state index is -0.228. The molecule has 3 aromatic heterocycles. The SMILES string of the molecule is O=C(NCc1ccc(-c2nc(C3CC3)no2)s1)c1ccco1. The number of nitrogens with zero attached hydrogens (tertiary/aromatic N) is 2. The standard InChI is InChI=1S/C15H13N3O3S/c19-14(11-2-1-7-20-11)16-8-10-5-6-12(22-10)15-17-13(18-21-15)9-3-4-9/h1-2,5-7,9H,3-4,8H2,(H,16,19). The molecule has 0 unspecified atom stereocenters. The summed E-state index contributed by atoms with van der Waals surface area (Å²) in [5.41, 5.74) is 0. The minimum Gasteiger partial charge on any atom is -0.459 e. The molecule has 0 spiro atoms. The normalized spacial score (nSPS) is 14.2. The first-order chi connectivity index (χ1) is 10.8. The Morgan fingerprint density at radius 3 is 3.05 bits per heavy atom. The van der Waals surface area contributed by atoms with Crippen LogP contribution in [0, 0.1) is 0 Å². The molecule has 3 heterocycles. The molecule has 0 saturated heterocycles. The van der Waals surface area contributed by atoms with E-state index >= 15 is 0 Å². The molecule has 7 heteroatoms. The van der Waals surface area contributed by atoms with Crippen LogP contribution < -0.4 is 5.32 Å². The average molecular weight is 315 g/mol. The predicted octanol–water partition coefficient (Wildman–Crippen LogP) is 3.20. The molecule has 0 bridgehead atoms. The lowest BCUT2D eigenvalue weighted by molar-refractivity contribution is 0.0923. The summed E-state index contributed by atoms with van der Waals surface area (Å²) in [7, 11) is 0. The summed E-state index contributed by atoms with van der Waals surface area (Å²) in [6.45, 7) is 0.438. The average Bonchev–Trinajstić information content (AvgIpc) is 3.02. The van der Waals surface area contributed by atoms with E-state index in [9.17, 15) is 4.79 Å². The van der Waals surface area contributed by atoms with E-state index in [2.05, 4.69) is 15.5 Å². The van der Waals surface area contributed by atoms with Gasteiger partial charge >= 0.3 is 0 Å². The number of amides is 1. The van der Waals surface area contributed by atoms with Crippen molar-refractivity contribution in [1.82, 2.24) is 15.5 Å². The van der Waals surface area contributed by atoms with Crippen molar-refractivity contribution in [2.24, 2.45) is 0 Å². The number of furan rings is 1. The fraction of sp³-hybridized carbons (Fsp3) is 0.267. The monoisotopic (exact) mass is 315 g/mol. The van der Waals surface area contributed by atoms with Crippen LogP contribution in [0.3, 0.4) is 0 Å². The fourth-order valence-electron chi connectivity index (χ4n) is 2.09. The molecule has 4 rings (SSSR count). The number of hydrogen-bond donors (Lipinski definition) is 1. The summed E-state index contributed by atoms with van der Waals surface area (Å²) < 4.78 is 10.3. The lowest BCUT2D eigenvalue weighted by Crippen LogP contribution is -2.21. The second kappa shape index (κ2) is 5.42. The van der Waals surface area contributed by atoms with Gasteiger partial charge < -0.3 is 14.3 Å². The van der Waals surface area contributed by atoms with Crippen LogP contribution in [0.15, 0.2) is 39.5 Å². The second-order valence-electron chi connectivity index (χ2n) is 5.16. The molecule has 112 valence electrons. The van der Waals surface area contributed by atoms with E-state index in [4.69, 9.17) is 8.94 Å². The van der Waals surface area contributed by atoms with Gasteiger partial charge in [0.05, 0.1) is 17.7 Å². The highest BCUT2D eigenvalue weighted by Gasteiger charge is 2.29. The number of hydrogen-bond acceptors (Lipinski definition) is 6. The molecule has 1 N–H and O–H groups in total. The Morgan fingerprint density at radius 2 is 2.27 bits per heavy atom. The van der Waals surface area contributed by atoms with Gasteiger partial charge in [-0.2, -0.15) is 4.98 Å². The van der Waals surface area contributed by atoms with Gasteiger partial charge in [-0.05, 0) is 37.1 Å². The largest absolute Gasteiger partial charge is 0.459 e. The Bertz CT molecular complexity index is 787. The van der Waals surface area contributed by atoms with Crippen molar-refractivity contribution in [2.75, 3.05) is 0 Å². The molecule has 3 aromatic rings. The Morgan fingerprint density at radius 1 is 1.36 bits per heavy atom. The first-order valence-electron chi connectivity index (χ1n) is 7.04. The van der Waals surface area contributed by atoms with E-state index < -0.39 is 0 Å². The van der Waals surface area contributed by atoms with Crippen LogP contribution in [-0.4, -0.2) is 16.0 Å². The summed E-state index contributed by atoms with van der Waals surface area (Å²) in [6.07, 6.45) is 3.77. The number of aromatic nitrogens is 2. The molecule has 1 amide bonds. The van der Waals surface area contributed by atoms with E-state index in [0.29, 0.717) is 24.1 Å². The van der Waals surface area contributed by atoms with Crippen molar-refractivity contribution in [2.45, 2.75) is 25.3 Å². The molecular weight excluding hydrogens is 302 g/mol. The number of carbonyl (C=O) groups excluding carboxylic acids is 1. The topological polar surface area (TPSA) is 81.2 Å². The van der Waals surface area contributed by atoms with Gasteiger partial charge in [0, 0.05) is 10.8 Å². The smallest absolute Gasteiger partial charge is 0.287 e. The van der Waals surface area contributed by atoms with E-state index in [0.717, 1.165) is 28.4 Å². The van der Waals surface area contributed by atoms with Crippen LogP contribution in [0.5, 0.6) is 0 Å². The lowest BCUT2D eigenvalue weighted by atomic mass is 10.4. The van der Waals surface area contributed by atoms with Gasteiger partial charge in [0.25, 0.3) is 11.8 Å². The van der Waals surface area contributed by atoms with E-state index in [1.807, 2.05) is 12.1 Å². The first-order valence-corrected chi connectivity index (χ1v) is 7.85. The third-order valence-corrected chi connectivity index (χ3v) is 4.50. The molecule has 1 aliphatic rings. The molecule has 0 aliphatic heterocycles. The maximum Gasteiger partial charge on any atom is 0.287 e. The zero-order valence-corrected chi connectivity index (χ0v) is 12.4. The van der Waals surface area contributed by atoms with E-state index in [1.54, 1.807) is 12.1 Å². The Kier molecular flexibility index (Phi) is 3.27. The Balaban J connectivity index is 1.41. The van der Waals surface area contributed by atoms with Gasteiger partial charge in [-0.1, -0.05) is 5.16 Å². The minimum absolute atomic E-state index is 0.228. The summed E-state index contributed by atoms with van der Waals surface area (Å²) in [5.74, 6) is 1.91. The third-order valence-electron chi connectivity index (χ3n) is 3.42. The second-order valence-corrected chi connectivity index (χ2v) is 6.33. The van der Waals surface area contributed by atoms with E-state index in [1.165, 1.54) is 17.6 Å². The van der Waals surface area contributed by atoms with Gasteiger partial charge in [0.1, 0.15) is 0 Å². The summed E-state index contributed by atoms with van der Waals surface area (Å²) >= 11 is 1.53. The Hall–Kier alpha value is -2.41. The molecule has 22 heavy (non-hydrogen) atoms. The highest BCUT2D eigenvalue weighted by atomic mass is 32.1. The van der Waals surface area contributed by atoms with Gasteiger partial charge in [0.2, 0.25) is 0 Å². The first kappa shape index (κ1) is 13.3. The molecule has 0 atom stereocenters. The molecule has 1 aliphatic carbocycles. The molecule has 1 saturated carbocycles. The van der Waals surface area contributed by atoms with Gasteiger partial charge in [-0.3, -0.25) is 4.79 Å². The predicted molar refractivity (Wildman–Crippen MR) is 79.5 cm³/mol. The lowest BCUT2D eigenvalue weighted by Gasteiger charge is -1.99. The number of carbonyl (C=O) groups is 1. The van der Waals surface area contributed by atoms with Crippen LogP contribution in [-0.2, 0) is 6.54 Å². The zero-order chi connectivity index (χ0) is 14.9. The fourth-order valence-corrected chi connectivity index (χ4v) is 2.96. The molecule has 0 aromatic carbocycles. The van der Waals surface area contributed by atoms with Gasteiger partial charge in [-0.25, -0.2) is 0 Å². The van der Waals surface area contributed by atoms with Crippen LogP contribution in [0.2, 0.25) is 0 Å². The summed E-state index contributed by atoms with van der Waals surface area (Å²) in [5, 5.41) is 6.82. The van der Waals surface area contributed by atoms with Crippen LogP contribution >= 0.6 is 11.3 Å². The quantitative estimate of drug-likeness (QED) is 0.782. The van der Waals surface area contributed by atoms with Crippen LogP contribution in [0.1, 0.15) is 40.0 Å². The van der Waals surface area contributed by atoms with E-state index in [-0.39, 0.29) is 5.91 Å². The molecule has 0 radical (unpaired) electrons. The molecule has 1 fully saturated rings. The Labute approximate surface area is 130 Å². The number of rotatable bonds is 5. The summed E-state index contributed by atoms with van der Waals surface area (Å²) in [4.78, 5) is 18.2. The van der Waals surface area contributed by atoms with Crippen molar-refractivity contribution >= 4 is 17.2 Å². The van der Waals surface area contributed by atoms with Crippen LogP contribution in [0.25, 0.3) is 10.8 Å². The van der Waals surface area contributed by atoms with Crippen molar-refractivity contribution in [3.63, 3.8) is 0 Å².